The second kappa shape index (κ2) is 8.15. The van der Waals surface area contributed by atoms with Gasteiger partial charge in [-0.15, -0.1) is 0 Å². The van der Waals surface area contributed by atoms with Gasteiger partial charge in [-0.2, -0.15) is 0 Å². The highest BCUT2D eigenvalue weighted by atomic mass is 16.5. The van der Waals surface area contributed by atoms with E-state index in [4.69, 9.17) is 29.8 Å². The van der Waals surface area contributed by atoms with Crippen molar-refractivity contribution in [2.75, 3.05) is 24.7 Å². The van der Waals surface area contributed by atoms with Crippen molar-refractivity contribution in [1.82, 2.24) is 0 Å². The van der Waals surface area contributed by atoms with Gasteiger partial charge in [0.15, 0.2) is 0 Å². The number of rotatable bonds is 5. The van der Waals surface area contributed by atoms with E-state index in [9.17, 15) is 9.59 Å². The average molecular weight is 458 g/mol. The van der Waals surface area contributed by atoms with Gasteiger partial charge in [0.25, 0.3) is 0 Å². The maximum atomic E-state index is 12.8. The Morgan fingerprint density at radius 3 is 2.18 bits per heavy atom. The van der Waals surface area contributed by atoms with E-state index < -0.39 is 11.9 Å². The van der Waals surface area contributed by atoms with Gasteiger partial charge in [0.05, 0.1) is 13.2 Å². The Morgan fingerprint density at radius 2 is 1.47 bits per heavy atom. The molecule has 172 valence electrons. The van der Waals surface area contributed by atoms with Crippen molar-refractivity contribution in [1.29, 1.82) is 0 Å². The van der Waals surface area contributed by atoms with Gasteiger partial charge in [0, 0.05) is 16.3 Å². The van der Waals surface area contributed by atoms with Crippen molar-refractivity contribution in [3.8, 4) is 11.1 Å². The molecule has 0 saturated heterocycles. The van der Waals surface area contributed by atoms with E-state index in [1.807, 2.05) is 42.5 Å². The number of benzene rings is 3. The Bertz CT molecular complexity index is 1590. The van der Waals surface area contributed by atoms with Gasteiger partial charge in [-0.25, -0.2) is 9.59 Å². The molecule has 8 heteroatoms. The lowest BCUT2D eigenvalue weighted by molar-refractivity contribution is 0.0519. The van der Waals surface area contributed by atoms with Crippen molar-refractivity contribution in [2.24, 2.45) is 0 Å². The molecule has 0 bridgehead atoms. The normalized spacial score (nSPS) is 11.4. The molecule has 34 heavy (non-hydrogen) atoms. The largest absolute Gasteiger partial charge is 0.462 e. The van der Waals surface area contributed by atoms with E-state index in [0.29, 0.717) is 27.5 Å². The van der Waals surface area contributed by atoms with Gasteiger partial charge in [0.1, 0.15) is 22.3 Å². The predicted molar refractivity (Wildman–Crippen MR) is 130 cm³/mol. The van der Waals surface area contributed by atoms with Crippen molar-refractivity contribution >= 4 is 56.4 Å². The first-order valence-corrected chi connectivity index (χ1v) is 10.8. The highest BCUT2D eigenvalue weighted by Gasteiger charge is 2.30. The van der Waals surface area contributed by atoms with Gasteiger partial charge < -0.3 is 29.8 Å². The van der Waals surface area contributed by atoms with Gasteiger partial charge in [-0.3, -0.25) is 0 Å². The number of hydrogen-bond acceptors (Lipinski definition) is 8. The molecule has 0 unspecified atom stereocenters. The molecule has 0 saturated carbocycles. The second-order valence-corrected chi connectivity index (χ2v) is 7.69. The van der Waals surface area contributed by atoms with Gasteiger partial charge >= 0.3 is 11.9 Å². The van der Waals surface area contributed by atoms with Gasteiger partial charge in [-0.1, -0.05) is 36.4 Å². The Morgan fingerprint density at radius 1 is 0.824 bits per heavy atom. The number of carbonyl (C=O) groups is 2. The highest BCUT2D eigenvalue weighted by molar-refractivity contribution is 6.22. The summed E-state index contributed by atoms with van der Waals surface area (Å²) in [4.78, 5) is 25.5. The van der Waals surface area contributed by atoms with Crippen LogP contribution in [0, 0.1) is 0 Å². The van der Waals surface area contributed by atoms with E-state index in [1.165, 1.54) is 0 Å². The van der Waals surface area contributed by atoms with Crippen LogP contribution < -0.4 is 11.5 Å². The first kappa shape index (κ1) is 21.4. The molecule has 4 N–H and O–H groups in total. The Balaban J connectivity index is 1.93. The summed E-state index contributed by atoms with van der Waals surface area (Å²) in [6.45, 7) is 3.75. The molecule has 3 aromatic carbocycles. The van der Waals surface area contributed by atoms with Crippen LogP contribution in [0.4, 0.5) is 11.8 Å². The monoisotopic (exact) mass is 458 g/mol. The molecular weight excluding hydrogens is 436 g/mol. The van der Waals surface area contributed by atoms with Crippen LogP contribution in [0.25, 0.3) is 43.8 Å². The van der Waals surface area contributed by atoms with Crippen molar-refractivity contribution < 1.29 is 27.9 Å². The molecule has 8 nitrogen and oxygen atoms in total. The summed E-state index contributed by atoms with van der Waals surface area (Å²) in [7, 11) is 0. The molecule has 2 heterocycles. The smallest absolute Gasteiger partial charge is 0.344 e. The Kier molecular flexibility index (Phi) is 5.13. The number of nitrogens with two attached hydrogens (primary N) is 2. The van der Waals surface area contributed by atoms with E-state index in [1.54, 1.807) is 19.9 Å². The molecule has 0 fully saturated rings. The fraction of sp³-hybridized carbons (Fsp3) is 0.154. The van der Waals surface area contributed by atoms with E-state index in [0.717, 1.165) is 16.3 Å². The van der Waals surface area contributed by atoms with Crippen LogP contribution in [0.5, 0.6) is 0 Å². The molecule has 0 aliphatic heterocycles. The predicted octanol–water partition coefficient (Wildman–Crippen LogP) is 5.52. The second-order valence-electron chi connectivity index (χ2n) is 7.69. The zero-order valence-corrected chi connectivity index (χ0v) is 18.6. The van der Waals surface area contributed by atoms with Crippen molar-refractivity contribution in [3.63, 3.8) is 0 Å². The summed E-state index contributed by atoms with van der Waals surface area (Å²) in [6.07, 6.45) is 0. The van der Waals surface area contributed by atoms with Crippen LogP contribution in [0.2, 0.25) is 0 Å². The fourth-order valence-corrected chi connectivity index (χ4v) is 4.29. The first-order valence-electron chi connectivity index (χ1n) is 10.8. The maximum absolute atomic E-state index is 12.8. The number of ether oxygens (including phenoxy) is 2. The standard InChI is InChI=1S/C26H22N2O6/c1-3-31-25(29)19-16-12-17-20(21(24(28)33-17)26(30)32-4-2)18(22(16)34-23(19)27)15-10-9-13-7-5-6-8-14(13)11-15/h5-12H,3-4,27-28H2,1-2H3. The van der Waals surface area contributed by atoms with E-state index >= 15 is 0 Å². The number of anilines is 2. The lowest BCUT2D eigenvalue weighted by Gasteiger charge is -2.09. The number of fused-ring (bicyclic) bond motifs is 3. The minimum Gasteiger partial charge on any atom is -0.462 e. The third-order valence-electron chi connectivity index (χ3n) is 5.68. The summed E-state index contributed by atoms with van der Waals surface area (Å²) in [5.41, 5.74) is 14.3. The van der Waals surface area contributed by atoms with Crippen molar-refractivity contribution in [2.45, 2.75) is 13.8 Å². The number of hydrogen-bond donors (Lipinski definition) is 2. The lowest BCUT2D eigenvalue weighted by Crippen LogP contribution is -2.07. The molecule has 2 aromatic heterocycles. The minimum absolute atomic E-state index is 0.0891. The number of carbonyl (C=O) groups excluding carboxylic acids is 2. The summed E-state index contributed by atoms with van der Waals surface area (Å²) in [5.74, 6) is -1.42. The van der Waals surface area contributed by atoms with Crippen LogP contribution >= 0.6 is 0 Å². The molecule has 0 spiro atoms. The van der Waals surface area contributed by atoms with Crippen LogP contribution in [-0.4, -0.2) is 25.2 Å². The lowest BCUT2D eigenvalue weighted by atomic mass is 9.94. The molecule has 0 aliphatic carbocycles. The molecule has 0 aliphatic rings. The van der Waals surface area contributed by atoms with Crippen molar-refractivity contribution in [3.05, 3.63) is 59.7 Å². The molecule has 0 atom stereocenters. The van der Waals surface area contributed by atoms with E-state index in [2.05, 4.69) is 0 Å². The number of esters is 2. The molecule has 0 radical (unpaired) electrons. The molecular formula is C26H22N2O6. The van der Waals surface area contributed by atoms with Crippen LogP contribution in [-0.2, 0) is 9.47 Å². The maximum Gasteiger partial charge on any atom is 0.344 e. The summed E-state index contributed by atoms with van der Waals surface area (Å²) in [6, 6.07) is 15.3. The van der Waals surface area contributed by atoms with Gasteiger partial charge in [-0.05, 0) is 42.3 Å². The number of nitrogen functional groups attached to an aromatic ring is 2. The Labute approximate surface area is 194 Å². The topological polar surface area (TPSA) is 131 Å². The van der Waals surface area contributed by atoms with Crippen LogP contribution in [0.1, 0.15) is 34.6 Å². The zero-order valence-electron chi connectivity index (χ0n) is 18.6. The summed E-state index contributed by atoms with van der Waals surface area (Å²) >= 11 is 0. The third-order valence-corrected chi connectivity index (χ3v) is 5.68. The quantitative estimate of drug-likeness (QED) is 0.329. The Hall–Kier alpha value is -4.46. The summed E-state index contributed by atoms with van der Waals surface area (Å²) < 4.78 is 22.1. The van der Waals surface area contributed by atoms with E-state index in [-0.39, 0.29) is 36.1 Å². The van der Waals surface area contributed by atoms with Gasteiger partial charge in [0.2, 0.25) is 11.8 Å². The average Bonchev–Trinajstić information content (AvgIpc) is 3.32. The van der Waals surface area contributed by atoms with Crippen LogP contribution in [0.15, 0.2) is 57.4 Å². The minimum atomic E-state index is -0.620. The first-order chi connectivity index (χ1) is 16.4. The molecule has 5 rings (SSSR count). The third kappa shape index (κ3) is 3.23. The SMILES string of the molecule is CCOC(=O)c1c(N)oc2c(-c3ccc4ccccc4c3)c3c(C(=O)OCC)c(N)oc3cc12. The fourth-order valence-electron chi connectivity index (χ4n) is 4.29. The molecule has 5 aromatic rings. The van der Waals surface area contributed by atoms with Crippen LogP contribution in [0.3, 0.4) is 0 Å². The molecule has 0 amide bonds. The number of furan rings is 2. The zero-order chi connectivity index (χ0) is 24.0. The highest BCUT2D eigenvalue weighted by Crippen LogP contribution is 2.45. The summed E-state index contributed by atoms with van der Waals surface area (Å²) in [5, 5.41) is 2.83.